The van der Waals surface area contributed by atoms with Crippen molar-refractivity contribution in [2.75, 3.05) is 0 Å². The van der Waals surface area contributed by atoms with Crippen LogP contribution in [-0.4, -0.2) is 4.98 Å². The van der Waals surface area contributed by atoms with E-state index in [-0.39, 0.29) is 0 Å². The topological polar surface area (TPSA) is 12.9 Å². The number of hydrogen-bond acceptors (Lipinski definition) is 2. The molecule has 1 heterocycles. The number of rotatable bonds is 1. The summed E-state index contributed by atoms with van der Waals surface area (Å²) in [4.78, 5) is 4.74. The maximum absolute atomic E-state index is 13.3. The summed E-state index contributed by atoms with van der Waals surface area (Å²) in [6.07, 6.45) is 1.59. The lowest BCUT2D eigenvalue weighted by Crippen LogP contribution is -1.83. The quantitative estimate of drug-likeness (QED) is 0.704. The second-order valence-electron chi connectivity index (χ2n) is 2.87. The van der Waals surface area contributed by atoms with Crippen LogP contribution in [0.1, 0.15) is 5.01 Å². The van der Waals surface area contributed by atoms with Crippen molar-refractivity contribution < 1.29 is 8.78 Å². The van der Waals surface area contributed by atoms with Crippen molar-refractivity contribution >= 4 is 11.3 Å². The summed E-state index contributed by atoms with van der Waals surface area (Å²) in [5.74, 6) is -1.11. The molecule has 0 unspecified atom stereocenters. The number of thiazole rings is 1. The number of hydrogen-bond donors (Lipinski definition) is 0. The van der Waals surface area contributed by atoms with Crippen LogP contribution in [0.15, 0.2) is 24.4 Å². The third-order valence-electron chi connectivity index (χ3n) is 1.82. The molecule has 0 bridgehead atoms. The first-order chi connectivity index (χ1) is 6.66. The monoisotopic (exact) mass is 211 g/mol. The SMILES string of the molecule is Cc1ncc(-c2ccc(F)cc2F)s1. The summed E-state index contributed by atoms with van der Waals surface area (Å²) >= 11 is 1.39. The molecule has 0 aliphatic rings. The Kier molecular flexibility index (Phi) is 2.29. The molecule has 14 heavy (non-hydrogen) atoms. The lowest BCUT2D eigenvalue weighted by Gasteiger charge is -1.98. The van der Waals surface area contributed by atoms with Gasteiger partial charge in [0.25, 0.3) is 0 Å². The molecule has 1 aromatic heterocycles. The molecule has 4 heteroatoms. The van der Waals surface area contributed by atoms with Crippen LogP contribution in [0.5, 0.6) is 0 Å². The summed E-state index contributed by atoms with van der Waals surface area (Å²) in [6, 6.07) is 3.55. The molecular formula is C10H7F2NS. The standard InChI is InChI=1S/C10H7F2NS/c1-6-13-5-10(14-6)8-3-2-7(11)4-9(8)12/h2-5H,1H3. The van der Waals surface area contributed by atoms with Gasteiger partial charge in [-0.05, 0) is 19.1 Å². The van der Waals surface area contributed by atoms with E-state index in [2.05, 4.69) is 4.98 Å². The average Bonchev–Trinajstić information content (AvgIpc) is 2.51. The van der Waals surface area contributed by atoms with Gasteiger partial charge in [0.05, 0.1) is 9.88 Å². The smallest absolute Gasteiger partial charge is 0.134 e. The fourth-order valence-electron chi connectivity index (χ4n) is 1.18. The third kappa shape index (κ3) is 1.65. The summed E-state index contributed by atoms with van der Waals surface area (Å²) < 4.78 is 25.9. The molecule has 2 rings (SSSR count). The molecule has 0 N–H and O–H groups in total. The van der Waals surface area contributed by atoms with Crippen molar-refractivity contribution in [3.05, 3.63) is 41.0 Å². The van der Waals surface area contributed by atoms with Crippen molar-refractivity contribution in [2.45, 2.75) is 6.92 Å². The molecule has 0 fully saturated rings. The highest BCUT2D eigenvalue weighted by Gasteiger charge is 2.08. The summed E-state index contributed by atoms with van der Waals surface area (Å²) in [5.41, 5.74) is 0.400. The Labute approximate surface area is 84.0 Å². The summed E-state index contributed by atoms with van der Waals surface area (Å²) in [6.45, 7) is 1.84. The van der Waals surface area contributed by atoms with Crippen LogP contribution in [0, 0.1) is 18.6 Å². The van der Waals surface area contributed by atoms with Crippen LogP contribution in [0.2, 0.25) is 0 Å². The molecule has 0 spiro atoms. The third-order valence-corrected chi connectivity index (χ3v) is 2.76. The highest BCUT2D eigenvalue weighted by Crippen LogP contribution is 2.28. The highest BCUT2D eigenvalue weighted by atomic mass is 32.1. The molecule has 0 aliphatic heterocycles. The van der Waals surface area contributed by atoms with Gasteiger partial charge in [0.15, 0.2) is 0 Å². The molecule has 2 aromatic rings. The van der Waals surface area contributed by atoms with Gasteiger partial charge in [0.1, 0.15) is 11.6 Å². The second-order valence-corrected chi connectivity index (χ2v) is 4.10. The minimum absolute atomic E-state index is 0.400. The predicted molar refractivity (Wildman–Crippen MR) is 52.2 cm³/mol. The van der Waals surface area contributed by atoms with E-state index in [0.29, 0.717) is 5.56 Å². The minimum atomic E-state index is -0.563. The van der Waals surface area contributed by atoms with Gasteiger partial charge in [-0.1, -0.05) is 0 Å². The Balaban J connectivity index is 2.52. The molecule has 0 saturated heterocycles. The van der Waals surface area contributed by atoms with Crippen LogP contribution >= 0.6 is 11.3 Å². The van der Waals surface area contributed by atoms with Crippen LogP contribution < -0.4 is 0 Å². The fraction of sp³-hybridized carbons (Fsp3) is 0.100. The number of benzene rings is 1. The molecule has 0 amide bonds. The zero-order valence-electron chi connectivity index (χ0n) is 7.42. The molecule has 0 saturated carbocycles. The lowest BCUT2D eigenvalue weighted by atomic mass is 10.2. The van der Waals surface area contributed by atoms with E-state index in [0.717, 1.165) is 16.0 Å². The van der Waals surface area contributed by atoms with Gasteiger partial charge in [-0.2, -0.15) is 0 Å². The van der Waals surface area contributed by atoms with E-state index in [1.807, 2.05) is 6.92 Å². The number of aryl methyl sites for hydroxylation is 1. The van der Waals surface area contributed by atoms with E-state index >= 15 is 0 Å². The van der Waals surface area contributed by atoms with Gasteiger partial charge in [0, 0.05) is 17.8 Å². The Morgan fingerprint density at radius 3 is 2.64 bits per heavy atom. The van der Waals surface area contributed by atoms with Gasteiger partial charge < -0.3 is 0 Å². The van der Waals surface area contributed by atoms with E-state index < -0.39 is 11.6 Å². The van der Waals surface area contributed by atoms with Crippen molar-refractivity contribution in [1.29, 1.82) is 0 Å². The van der Waals surface area contributed by atoms with E-state index in [1.54, 1.807) is 6.20 Å². The molecular weight excluding hydrogens is 204 g/mol. The van der Waals surface area contributed by atoms with Crippen molar-refractivity contribution in [3.63, 3.8) is 0 Å². The van der Waals surface area contributed by atoms with Gasteiger partial charge in [0.2, 0.25) is 0 Å². The normalized spacial score (nSPS) is 10.5. The van der Waals surface area contributed by atoms with Crippen LogP contribution in [0.25, 0.3) is 10.4 Å². The largest absolute Gasteiger partial charge is 0.249 e. The van der Waals surface area contributed by atoms with Crippen LogP contribution in [-0.2, 0) is 0 Å². The van der Waals surface area contributed by atoms with Gasteiger partial charge in [-0.15, -0.1) is 11.3 Å². The number of halogens is 2. The fourth-order valence-corrected chi connectivity index (χ4v) is 1.98. The van der Waals surface area contributed by atoms with Gasteiger partial charge in [-0.3, -0.25) is 0 Å². The molecule has 0 atom stereocenters. The second kappa shape index (κ2) is 3.46. The Morgan fingerprint density at radius 2 is 2.07 bits per heavy atom. The lowest BCUT2D eigenvalue weighted by molar-refractivity contribution is 0.586. The molecule has 72 valence electrons. The Bertz CT molecular complexity index is 465. The number of nitrogens with zero attached hydrogens (tertiary/aromatic N) is 1. The van der Waals surface area contributed by atoms with Crippen molar-refractivity contribution in [3.8, 4) is 10.4 Å². The zero-order chi connectivity index (χ0) is 10.1. The molecule has 1 aromatic carbocycles. The van der Waals surface area contributed by atoms with Crippen LogP contribution in [0.4, 0.5) is 8.78 Å². The summed E-state index contributed by atoms with van der Waals surface area (Å²) in [5, 5.41) is 0.865. The molecule has 0 aliphatic carbocycles. The van der Waals surface area contributed by atoms with E-state index in [9.17, 15) is 8.78 Å². The highest BCUT2D eigenvalue weighted by molar-refractivity contribution is 7.15. The van der Waals surface area contributed by atoms with Gasteiger partial charge in [-0.25, -0.2) is 13.8 Å². The Hall–Kier alpha value is -1.29. The maximum Gasteiger partial charge on any atom is 0.134 e. The zero-order valence-corrected chi connectivity index (χ0v) is 8.24. The predicted octanol–water partition coefficient (Wildman–Crippen LogP) is 3.40. The molecule has 0 radical (unpaired) electrons. The Morgan fingerprint density at radius 1 is 1.29 bits per heavy atom. The average molecular weight is 211 g/mol. The van der Waals surface area contributed by atoms with E-state index in [4.69, 9.17) is 0 Å². The molecule has 1 nitrogen and oxygen atoms in total. The van der Waals surface area contributed by atoms with Crippen LogP contribution in [0.3, 0.4) is 0 Å². The first kappa shape index (κ1) is 9.27. The number of aromatic nitrogens is 1. The minimum Gasteiger partial charge on any atom is -0.249 e. The van der Waals surface area contributed by atoms with E-state index in [1.165, 1.54) is 23.5 Å². The summed E-state index contributed by atoms with van der Waals surface area (Å²) in [7, 11) is 0. The first-order valence-corrected chi connectivity index (χ1v) is 4.86. The van der Waals surface area contributed by atoms with Crippen molar-refractivity contribution in [2.24, 2.45) is 0 Å². The van der Waals surface area contributed by atoms with Crippen molar-refractivity contribution in [1.82, 2.24) is 4.98 Å². The first-order valence-electron chi connectivity index (χ1n) is 4.04. The maximum atomic E-state index is 13.3. The van der Waals surface area contributed by atoms with Gasteiger partial charge >= 0.3 is 0 Å².